The number of hydrogen-bond donors (Lipinski definition) is 5. The first kappa shape index (κ1) is 46.6. The summed E-state index contributed by atoms with van der Waals surface area (Å²) in [6.07, 6.45) is 5.68. The molecule has 18 nitrogen and oxygen atoms in total. The fourth-order valence-corrected chi connectivity index (χ4v) is 5.77. The molecule has 0 aliphatic rings. The molecule has 5 N–H and O–H groups in total. The Labute approximate surface area is 340 Å². The van der Waals surface area contributed by atoms with Crippen LogP contribution in [0.5, 0.6) is 0 Å². The van der Waals surface area contributed by atoms with Crippen molar-refractivity contribution in [3.8, 4) is 0 Å². The zero-order valence-corrected chi connectivity index (χ0v) is 35.8. The second-order valence-corrected chi connectivity index (χ2v) is 16.4. The molecule has 6 amide bonds. The molecule has 0 aliphatic carbocycles. The molecule has 58 heavy (non-hydrogen) atoms. The van der Waals surface area contributed by atoms with E-state index in [1.807, 2.05) is 19.0 Å². The van der Waals surface area contributed by atoms with Crippen LogP contribution in [0.3, 0.4) is 0 Å². The topological polar surface area (TPSA) is 202 Å². The predicted octanol–water partition coefficient (Wildman–Crippen LogP) is 4.85. The highest BCUT2D eigenvalue weighted by Crippen LogP contribution is 2.21. The molecule has 0 fully saturated rings. The number of ether oxygens (including phenoxy) is 2. The lowest BCUT2D eigenvalue weighted by Gasteiger charge is -2.28. The number of carbonyl (C=O) groups excluding carboxylic acids is 6. The summed E-state index contributed by atoms with van der Waals surface area (Å²) in [6, 6.07) is 4.71. The molecular weight excluding hydrogens is 749 g/mol. The van der Waals surface area contributed by atoms with Crippen molar-refractivity contribution in [1.29, 1.82) is 0 Å². The molecule has 0 saturated heterocycles. The van der Waals surface area contributed by atoms with Crippen molar-refractivity contribution in [3.63, 3.8) is 0 Å². The molecule has 3 rings (SSSR count). The van der Waals surface area contributed by atoms with Crippen LogP contribution in [-0.2, 0) is 34.9 Å². The lowest BCUT2D eigenvalue weighted by atomic mass is 10.2. The highest BCUT2D eigenvalue weighted by atomic mass is 16.6. The number of carbonyl (C=O) groups is 6. The minimum absolute atomic E-state index is 0.155. The Balaban J connectivity index is 1.66. The average Bonchev–Trinajstić information content (AvgIpc) is 3.77. The molecule has 0 aromatic carbocycles. The Hall–Kier alpha value is -5.78. The van der Waals surface area contributed by atoms with E-state index in [1.165, 1.54) is 11.8 Å². The average molecular weight is 811 g/mol. The number of aryl methyl sites for hydroxylation is 3. The highest BCUT2D eigenvalue weighted by Gasteiger charge is 2.24. The molecule has 0 saturated carbocycles. The van der Waals surface area contributed by atoms with Gasteiger partial charge in [0.05, 0.1) is 17.1 Å². The summed E-state index contributed by atoms with van der Waals surface area (Å²) in [4.78, 5) is 80.3. The number of amides is 6. The Kier molecular flexibility index (Phi) is 16.5. The Morgan fingerprint density at radius 1 is 0.621 bits per heavy atom. The van der Waals surface area contributed by atoms with E-state index in [0.29, 0.717) is 55.2 Å². The van der Waals surface area contributed by atoms with E-state index < -0.39 is 35.2 Å². The Bertz CT molecular complexity index is 1910. The van der Waals surface area contributed by atoms with E-state index in [4.69, 9.17) is 9.47 Å². The number of anilines is 3. The van der Waals surface area contributed by atoms with E-state index in [9.17, 15) is 28.8 Å². The molecule has 3 aromatic rings. The summed E-state index contributed by atoms with van der Waals surface area (Å²) in [5, 5.41) is 14.0. The minimum atomic E-state index is -0.721. The molecule has 0 spiro atoms. The van der Waals surface area contributed by atoms with Crippen LogP contribution in [0.1, 0.15) is 99.2 Å². The Morgan fingerprint density at radius 3 is 1.71 bits per heavy atom. The van der Waals surface area contributed by atoms with Gasteiger partial charge in [-0.2, -0.15) is 0 Å². The third kappa shape index (κ3) is 15.6. The molecule has 320 valence electrons. The van der Waals surface area contributed by atoms with E-state index in [-0.39, 0.29) is 36.3 Å². The zero-order valence-electron chi connectivity index (χ0n) is 35.8. The number of nitrogens with zero attached hydrogens (tertiary/aromatic N) is 5. The lowest BCUT2D eigenvalue weighted by molar-refractivity contribution is -0.114. The van der Waals surface area contributed by atoms with Gasteiger partial charge in [-0.05, 0) is 99.6 Å². The van der Waals surface area contributed by atoms with E-state index in [2.05, 4.69) is 26.6 Å². The van der Waals surface area contributed by atoms with Gasteiger partial charge in [0.15, 0.2) is 0 Å². The van der Waals surface area contributed by atoms with Gasteiger partial charge in [0.2, 0.25) is 5.91 Å². The monoisotopic (exact) mass is 810 g/mol. The number of nitrogens with one attached hydrogen (secondary N) is 5. The van der Waals surface area contributed by atoms with Gasteiger partial charge in [0, 0.05) is 72.3 Å². The summed E-state index contributed by atoms with van der Waals surface area (Å²) in [5.41, 5.74) is 0.776. The van der Waals surface area contributed by atoms with Gasteiger partial charge >= 0.3 is 12.2 Å². The van der Waals surface area contributed by atoms with E-state index in [1.54, 1.807) is 106 Å². The van der Waals surface area contributed by atoms with Gasteiger partial charge in [-0.1, -0.05) is 0 Å². The molecule has 0 radical (unpaired) electrons. The summed E-state index contributed by atoms with van der Waals surface area (Å²) < 4.78 is 15.8. The molecule has 3 aromatic heterocycles. The third-order valence-electron chi connectivity index (χ3n) is 8.29. The molecular formula is C40H62N10O8. The van der Waals surface area contributed by atoms with E-state index >= 15 is 0 Å². The van der Waals surface area contributed by atoms with E-state index in [0.717, 1.165) is 13.0 Å². The van der Waals surface area contributed by atoms with Crippen molar-refractivity contribution in [2.45, 2.75) is 85.5 Å². The first-order chi connectivity index (χ1) is 27.0. The second-order valence-electron chi connectivity index (χ2n) is 16.4. The fourth-order valence-electron chi connectivity index (χ4n) is 5.77. The van der Waals surface area contributed by atoms with Crippen LogP contribution in [0.15, 0.2) is 36.8 Å². The van der Waals surface area contributed by atoms with Crippen LogP contribution in [0, 0.1) is 0 Å². The molecule has 0 atom stereocenters. The number of aromatic nitrogens is 3. The van der Waals surface area contributed by atoms with Crippen LogP contribution in [0.2, 0.25) is 0 Å². The van der Waals surface area contributed by atoms with Crippen molar-refractivity contribution < 1.29 is 38.2 Å². The third-order valence-corrected chi connectivity index (χ3v) is 8.29. The maximum absolute atomic E-state index is 13.7. The van der Waals surface area contributed by atoms with Gasteiger partial charge in [-0.3, -0.25) is 19.2 Å². The smallest absolute Gasteiger partial charge is 0.410 e. The van der Waals surface area contributed by atoms with Crippen molar-refractivity contribution in [2.75, 3.05) is 62.8 Å². The molecule has 18 heteroatoms. The van der Waals surface area contributed by atoms with Crippen LogP contribution < -0.4 is 26.6 Å². The molecule has 0 aliphatic heterocycles. The normalized spacial score (nSPS) is 11.5. The van der Waals surface area contributed by atoms with Crippen molar-refractivity contribution >= 4 is 52.9 Å². The largest absolute Gasteiger partial charge is 0.444 e. The number of hydrogen-bond acceptors (Lipinski definition) is 9. The molecule has 0 unspecified atom stereocenters. The maximum atomic E-state index is 13.7. The van der Waals surface area contributed by atoms with Gasteiger partial charge in [0.1, 0.15) is 28.3 Å². The number of alkyl carbamates (subject to hydrolysis) is 1. The minimum Gasteiger partial charge on any atom is -0.444 e. The summed E-state index contributed by atoms with van der Waals surface area (Å²) in [6.45, 7) is 14.4. The SMILES string of the molecule is CC(=O)Nc1cc(C(=O)Nc2cc(C(=O)Nc3cc(C(=O)NCCCN(C)C)n(C)c3)n(C)c2)n(CCCCN(CCNC(=O)OC(C)(C)C)C(=O)OC(C)(C)C)c1. The quantitative estimate of drug-likeness (QED) is 0.111. The first-order valence-corrected chi connectivity index (χ1v) is 19.3. The maximum Gasteiger partial charge on any atom is 0.410 e. The highest BCUT2D eigenvalue weighted by molar-refractivity contribution is 6.07. The van der Waals surface area contributed by atoms with Crippen molar-refractivity contribution in [3.05, 3.63) is 53.9 Å². The summed E-state index contributed by atoms with van der Waals surface area (Å²) >= 11 is 0. The first-order valence-electron chi connectivity index (χ1n) is 19.3. The lowest BCUT2D eigenvalue weighted by Crippen LogP contribution is -2.42. The van der Waals surface area contributed by atoms with Gasteiger partial charge in [0.25, 0.3) is 17.7 Å². The summed E-state index contributed by atoms with van der Waals surface area (Å²) in [7, 11) is 7.34. The van der Waals surface area contributed by atoms with Crippen LogP contribution in [-0.4, -0.2) is 117 Å². The number of unbranched alkanes of at least 4 members (excludes halogenated alkanes) is 1. The molecule has 0 bridgehead atoms. The van der Waals surface area contributed by atoms with Gasteiger partial charge in [-0.25, -0.2) is 9.59 Å². The summed E-state index contributed by atoms with van der Waals surface area (Å²) in [5.74, 6) is -1.46. The zero-order chi connectivity index (χ0) is 43.4. The van der Waals surface area contributed by atoms with Gasteiger partial charge < -0.3 is 59.6 Å². The number of rotatable bonds is 18. The van der Waals surface area contributed by atoms with Crippen LogP contribution >= 0.6 is 0 Å². The van der Waals surface area contributed by atoms with Crippen LogP contribution in [0.4, 0.5) is 26.7 Å². The van der Waals surface area contributed by atoms with Crippen molar-refractivity contribution in [1.82, 2.24) is 34.1 Å². The Morgan fingerprint density at radius 2 is 1.16 bits per heavy atom. The van der Waals surface area contributed by atoms with Gasteiger partial charge in [-0.15, -0.1) is 0 Å². The fraction of sp³-hybridized carbons (Fsp3) is 0.550. The second kappa shape index (κ2) is 20.6. The predicted molar refractivity (Wildman–Crippen MR) is 222 cm³/mol. The van der Waals surface area contributed by atoms with Crippen molar-refractivity contribution in [2.24, 2.45) is 14.1 Å². The standard InChI is InChI=1S/C40H62N10O8/c1-27(51)43-30-23-33(50(26-30)19-13-12-18-49(38(56)58-40(5,6)7)20-16-42-37(55)57-39(2,3)4)36(54)45-29-22-32(48(11)25-29)35(53)44-28-21-31(47(10)24-28)34(52)41-15-14-17-46(8)9/h21-26H,12-20H2,1-11H3,(H,41,52)(H,42,55)(H,43,51)(H,44,53)(H,45,54). The van der Waals surface area contributed by atoms with Crippen LogP contribution in [0.25, 0.3) is 0 Å². The molecule has 3 heterocycles.